The van der Waals surface area contributed by atoms with E-state index in [1.807, 2.05) is 7.05 Å². The summed E-state index contributed by atoms with van der Waals surface area (Å²) in [4.78, 5) is 0. The van der Waals surface area contributed by atoms with E-state index in [9.17, 15) is 0 Å². The monoisotopic (exact) mass is 191 g/mol. The van der Waals surface area contributed by atoms with Crippen LogP contribution >= 0.6 is 0 Å². The number of hydrogen-bond donors (Lipinski definition) is 1. The molecule has 0 radical (unpaired) electrons. The van der Waals surface area contributed by atoms with Crippen molar-refractivity contribution in [3.63, 3.8) is 0 Å². The predicted octanol–water partition coefficient (Wildman–Crippen LogP) is 2.46. The lowest BCUT2D eigenvalue weighted by atomic mass is 9.93. The molecule has 1 N–H and O–H groups in total. The van der Waals surface area contributed by atoms with Crippen LogP contribution in [0.25, 0.3) is 0 Å². The Morgan fingerprint density at radius 2 is 2.29 bits per heavy atom. The van der Waals surface area contributed by atoms with Crippen LogP contribution in [-0.4, -0.2) is 13.7 Å². The molecule has 0 fully saturated rings. The minimum Gasteiger partial charge on any atom is -0.493 e. The lowest BCUT2D eigenvalue weighted by molar-refractivity contribution is 0.337. The highest BCUT2D eigenvalue weighted by Crippen LogP contribution is 2.38. The third kappa shape index (κ3) is 1.40. The third-order valence-electron chi connectivity index (χ3n) is 2.98. The Kier molecular flexibility index (Phi) is 2.46. The lowest BCUT2D eigenvalue weighted by Gasteiger charge is -2.15. The fraction of sp³-hybridized carbons (Fsp3) is 0.500. The molecular formula is C12H17NO. The van der Waals surface area contributed by atoms with Crippen molar-refractivity contribution >= 4 is 0 Å². The van der Waals surface area contributed by atoms with Gasteiger partial charge in [-0.05, 0) is 25.6 Å². The van der Waals surface area contributed by atoms with Gasteiger partial charge in [-0.2, -0.15) is 0 Å². The van der Waals surface area contributed by atoms with Gasteiger partial charge in [0.2, 0.25) is 0 Å². The summed E-state index contributed by atoms with van der Waals surface area (Å²) in [6, 6.07) is 6.71. The van der Waals surface area contributed by atoms with E-state index >= 15 is 0 Å². The summed E-state index contributed by atoms with van der Waals surface area (Å²) in [6.07, 6.45) is 0. The van der Waals surface area contributed by atoms with E-state index in [1.54, 1.807) is 0 Å². The Balaban J connectivity index is 2.46. The molecule has 0 amide bonds. The summed E-state index contributed by atoms with van der Waals surface area (Å²) < 4.78 is 5.62. The Labute approximate surface area is 85.3 Å². The van der Waals surface area contributed by atoms with E-state index in [1.165, 1.54) is 11.1 Å². The number of benzene rings is 1. The first-order valence-corrected chi connectivity index (χ1v) is 5.17. The van der Waals surface area contributed by atoms with Gasteiger partial charge >= 0.3 is 0 Å². The highest BCUT2D eigenvalue weighted by Gasteiger charge is 2.24. The molecule has 1 aliphatic heterocycles. The van der Waals surface area contributed by atoms with E-state index in [2.05, 4.69) is 37.4 Å². The van der Waals surface area contributed by atoms with E-state index in [0.29, 0.717) is 12.0 Å². The molecule has 0 aliphatic carbocycles. The molecule has 0 aromatic heterocycles. The van der Waals surface area contributed by atoms with E-state index in [0.717, 1.165) is 12.4 Å². The van der Waals surface area contributed by atoms with Crippen molar-refractivity contribution in [1.82, 2.24) is 5.32 Å². The van der Waals surface area contributed by atoms with Gasteiger partial charge in [-0.3, -0.25) is 0 Å². The van der Waals surface area contributed by atoms with Gasteiger partial charge in [0.15, 0.2) is 0 Å². The highest BCUT2D eigenvalue weighted by atomic mass is 16.5. The van der Waals surface area contributed by atoms with Crippen molar-refractivity contribution in [1.29, 1.82) is 0 Å². The molecule has 1 heterocycles. The molecule has 0 saturated heterocycles. The highest BCUT2D eigenvalue weighted by molar-refractivity contribution is 5.46. The molecule has 2 rings (SSSR count). The van der Waals surface area contributed by atoms with Gasteiger partial charge in [-0.1, -0.05) is 19.1 Å². The van der Waals surface area contributed by atoms with E-state index in [4.69, 9.17) is 4.74 Å². The largest absolute Gasteiger partial charge is 0.493 e. The Bertz CT molecular complexity index is 335. The predicted molar refractivity (Wildman–Crippen MR) is 57.8 cm³/mol. The molecule has 0 spiro atoms. The van der Waals surface area contributed by atoms with Crippen molar-refractivity contribution in [3.8, 4) is 5.75 Å². The SMILES string of the molecule is CNC(C)c1cccc2c1C(C)CO2. The second-order valence-corrected chi connectivity index (χ2v) is 3.98. The van der Waals surface area contributed by atoms with Crippen molar-refractivity contribution in [2.24, 2.45) is 0 Å². The van der Waals surface area contributed by atoms with Crippen LogP contribution in [0.15, 0.2) is 18.2 Å². The minimum atomic E-state index is 0.397. The van der Waals surface area contributed by atoms with Gasteiger partial charge in [0.05, 0.1) is 6.61 Å². The zero-order valence-electron chi connectivity index (χ0n) is 9.00. The maximum Gasteiger partial charge on any atom is 0.123 e. The maximum absolute atomic E-state index is 5.62. The molecule has 0 saturated carbocycles. The molecule has 1 aromatic carbocycles. The quantitative estimate of drug-likeness (QED) is 0.775. The molecule has 2 heteroatoms. The molecule has 2 nitrogen and oxygen atoms in total. The number of ether oxygens (including phenoxy) is 1. The van der Waals surface area contributed by atoms with Crippen molar-refractivity contribution < 1.29 is 4.74 Å². The van der Waals surface area contributed by atoms with Gasteiger partial charge in [0.1, 0.15) is 5.75 Å². The van der Waals surface area contributed by atoms with Crippen LogP contribution in [0.2, 0.25) is 0 Å². The van der Waals surface area contributed by atoms with Crippen LogP contribution < -0.4 is 10.1 Å². The Morgan fingerprint density at radius 3 is 3.00 bits per heavy atom. The zero-order valence-corrected chi connectivity index (χ0v) is 9.00. The van der Waals surface area contributed by atoms with Crippen molar-refractivity contribution in [2.45, 2.75) is 25.8 Å². The average molecular weight is 191 g/mol. The van der Waals surface area contributed by atoms with Crippen LogP contribution in [0, 0.1) is 0 Å². The van der Waals surface area contributed by atoms with Crippen LogP contribution in [0.4, 0.5) is 0 Å². The molecule has 2 atom stereocenters. The van der Waals surface area contributed by atoms with Gasteiger partial charge in [-0.15, -0.1) is 0 Å². The van der Waals surface area contributed by atoms with Gasteiger partial charge in [-0.25, -0.2) is 0 Å². The second kappa shape index (κ2) is 3.62. The first-order valence-electron chi connectivity index (χ1n) is 5.17. The molecule has 14 heavy (non-hydrogen) atoms. The molecular weight excluding hydrogens is 174 g/mol. The number of hydrogen-bond acceptors (Lipinski definition) is 2. The third-order valence-corrected chi connectivity index (χ3v) is 2.98. The van der Waals surface area contributed by atoms with Gasteiger partial charge in [0.25, 0.3) is 0 Å². The maximum atomic E-state index is 5.62. The standard InChI is InChI=1S/C12H17NO/c1-8-7-14-11-6-4-5-10(12(8)11)9(2)13-3/h4-6,8-9,13H,7H2,1-3H3. The first-order chi connectivity index (χ1) is 6.74. The summed E-state index contributed by atoms with van der Waals surface area (Å²) in [5, 5.41) is 3.28. The minimum absolute atomic E-state index is 0.397. The molecule has 0 bridgehead atoms. The van der Waals surface area contributed by atoms with Crippen LogP contribution in [0.5, 0.6) is 5.75 Å². The Hall–Kier alpha value is -1.02. The van der Waals surface area contributed by atoms with Gasteiger partial charge in [0, 0.05) is 17.5 Å². The summed E-state index contributed by atoms with van der Waals surface area (Å²) in [7, 11) is 1.99. The summed E-state index contributed by atoms with van der Waals surface area (Å²) in [5.41, 5.74) is 2.75. The van der Waals surface area contributed by atoms with Crippen molar-refractivity contribution in [2.75, 3.05) is 13.7 Å². The van der Waals surface area contributed by atoms with Crippen molar-refractivity contribution in [3.05, 3.63) is 29.3 Å². The van der Waals surface area contributed by atoms with E-state index < -0.39 is 0 Å². The summed E-state index contributed by atoms with van der Waals surface area (Å²) in [6.45, 7) is 5.22. The van der Waals surface area contributed by atoms with Crippen LogP contribution in [0.3, 0.4) is 0 Å². The van der Waals surface area contributed by atoms with E-state index in [-0.39, 0.29) is 0 Å². The van der Waals surface area contributed by atoms with Gasteiger partial charge < -0.3 is 10.1 Å². The smallest absolute Gasteiger partial charge is 0.123 e. The fourth-order valence-corrected chi connectivity index (χ4v) is 2.05. The molecule has 2 unspecified atom stereocenters. The summed E-state index contributed by atoms with van der Waals surface area (Å²) >= 11 is 0. The molecule has 1 aromatic rings. The number of nitrogens with one attached hydrogen (secondary N) is 1. The van der Waals surface area contributed by atoms with Crippen LogP contribution in [-0.2, 0) is 0 Å². The Morgan fingerprint density at radius 1 is 1.50 bits per heavy atom. The molecule has 76 valence electrons. The number of fused-ring (bicyclic) bond motifs is 1. The zero-order chi connectivity index (χ0) is 10.1. The van der Waals surface area contributed by atoms with Crippen LogP contribution in [0.1, 0.15) is 36.9 Å². The summed E-state index contributed by atoms with van der Waals surface area (Å²) in [5.74, 6) is 1.59. The normalized spacial score (nSPS) is 21.5. The first kappa shape index (κ1) is 9.53. The number of rotatable bonds is 2. The topological polar surface area (TPSA) is 21.3 Å². The average Bonchev–Trinajstić information content (AvgIpc) is 2.59. The second-order valence-electron chi connectivity index (χ2n) is 3.98. The molecule has 1 aliphatic rings. The fourth-order valence-electron chi connectivity index (χ4n) is 2.05. The lowest BCUT2D eigenvalue weighted by Crippen LogP contribution is -2.14.